The van der Waals surface area contributed by atoms with E-state index in [1.807, 2.05) is 77.4 Å². The summed E-state index contributed by atoms with van der Waals surface area (Å²) in [6, 6.07) is 26.8. The Hall–Kier alpha value is -4.13. The number of nitrogens with zero attached hydrogens (tertiary/aromatic N) is 3. The topological polar surface area (TPSA) is 79.3 Å². The zero-order valence-electron chi connectivity index (χ0n) is 19.6. The van der Waals surface area contributed by atoms with Crippen molar-refractivity contribution < 1.29 is 9.59 Å². The molecule has 1 aromatic heterocycles. The maximum atomic E-state index is 13.3. The Morgan fingerprint density at radius 3 is 2.31 bits per heavy atom. The molecule has 3 aromatic carbocycles. The van der Waals surface area contributed by atoms with Gasteiger partial charge < -0.3 is 15.2 Å². The average molecular weight is 468 g/mol. The van der Waals surface area contributed by atoms with Crippen LogP contribution in [-0.4, -0.2) is 40.6 Å². The molecular formula is C28H29N5O2. The molecule has 5 rings (SSSR count). The number of carbonyl (C=O) groups is 2. The SMILES string of the molecule is O=C(NCCCc1ccccc1)[C@H](Cc1ccccc1)NC(=O)N1CCn2c1nc1ccccc12. The Balaban J connectivity index is 1.25. The number of benzene rings is 3. The van der Waals surface area contributed by atoms with Crippen LogP contribution in [0.1, 0.15) is 17.5 Å². The third-order valence-electron chi connectivity index (χ3n) is 6.35. The second kappa shape index (κ2) is 10.4. The number of aromatic nitrogens is 2. The maximum Gasteiger partial charge on any atom is 0.324 e. The summed E-state index contributed by atoms with van der Waals surface area (Å²) in [6.07, 6.45) is 2.14. The lowest BCUT2D eigenvalue weighted by Gasteiger charge is -2.22. The molecule has 0 bridgehead atoms. The van der Waals surface area contributed by atoms with Gasteiger partial charge >= 0.3 is 6.03 Å². The smallest absolute Gasteiger partial charge is 0.324 e. The van der Waals surface area contributed by atoms with Crippen LogP contribution in [0.4, 0.5) is 10.7 Å². The molecule has 0 saturated carbocycles. The molecule has 0 unspecified atom stereocenters. The van der Waals surface area contributed by atoms with Gasteiger partial charge in [-0.05, 0) is 36.1 Å². The first-order valence-corrected chi connectivity index (χ1v) is 12.1. The molecule has 3 amide bonds. The van der Waals surface area contributed by atoms with E-state index in [1.165, 1.54) is 5.56 Å². The average Bonchev–Trinajstić information content (AvgIpc) is 3.47. The highest BCUT2D eigenvalue weighted by molar-refractivity contribution is 5.96. The number of carbonyl (C=O) groups excluding carboxylic acids is 2. The monoisotopic (exact) mass is 467 g/mol. The summed E-state index contributed by atoms with van der Waals surface area (Å²) >= 11 is 0. The van der Waals surface area contributed by atoms with Crippen molar-refractivity contribution >= 4 is 28.9 Å². The summed E-state index contributed by atoms with van der Waals surface area (Å²) < 4.78 is 2.05. The number of amides is 3. The van der Waals surface area contributed by atoms with Crippen molar-refractivity contribution in [1.82, 2.24) is 20.2 Å². The van der Waals surface area contributed by atoms with E-state index in [-0.39, 0.29) is 11.9 Å². The molecule has 7 nitrogen and oxygen atoms in total. The molecule has 35 heavy (non-hydrogen) atoms. The van der Waals surface area contributed by atoms with Crippen LogP contribution in [0.3, 0.4) is 0 Å². The molecular weight excluding hydrogens is 438 g/mol. The van der Waals surface area contributed by atoms with E-state index in [4.69, 9.17) is 0 Å². The van der Waals surface area contributed by atoms with E-state index in [0.717, 1.165) is 29.4 Å². The second-order valence-corrected chi connectivity index (χ2v) is 8.78. The van der Waals surface area contributed by atoms with Crippen LogP contribution < -0.4 is 15.5 Å². The van der Waals surface area contributed by atoms with Gasteiger partial charge in [-0.25, -0.2) is 9.78 Å². The number of rotatable bonds is 8. The van der Waals surface area contributed by atoms with E-state index < -0.39 is 6.04 Å². The van der Waals surface area contributed by atoms with Crippen molar-refractivity contribution in [3.8, 4) is 0 Å². The largest absolute Gasteiger partial charge is 0.354 e. The first-order chi connectivity index (χ1) is 17.2. The predicted molar refractivity (Wildman–Crippen MR) is 137 cm³/mol. The fraction of sp³-hybridized carbons (Fsp3) is 0.250. The normalized spacial score (nSPS) is 13.4. The molecule has 2 N–H and O–H groups in total. The first-order valence-electron chi connectivity index (χ1n) is 12.1. The van der Waals surface area contributed by atoms with Crippen molar-refractivity contribution in [2.24, 2.45) is 0 Å². The molecule has 0 radical (unpaired) electrons. The summed E-state index contributed by atoms with van der Waals surface area (Å²) in [5, 5.41) is 5.99. The van der Waals surface area contributed by atoms with Gasteiger partial charge in [-0.15, -0.1) is 0 Å². The first kappa shape index (κ1) is 22.7. The molecule has 1 aliphatic rings. The minimum Gasteiger partial charge on any atom is -0.354 e. The number of anilines is 1. The molecule has 4 aromatic rings. The Morgan fingerprint density at radius 1 is 0.857 bits per heavy atom. The Labute approximate surface area is 204 Å². The number of urea groups is 1. The van der Waals surface area contributed by atoms with Gasteiger partial charge in [0.25, 0.3) is 0 Å². The number of para-hydroxylation sites is 2. The van der Waals surface area contributed by atoms with Gasteiger partial charge in [0.05, 0.1) is 11.0 Å². The quantitative estimate of drug-likeness (QED) is 0.386. The van der Waals surface area contributed by atoms with Crippen LogP contribution in [0.15, 0.2) is 84.9 Å². The van der Waals surface area contributed by atoms with Crippen molar-refractivity contribution in [3.05, 3.63) is 96.1 Å². The van der Waals surface area contributed by atoms with Gasteiger partial charge in [-0.3, -0.25) is 9.69 Å². The van der Waals surface area contributed by atoms with E-state index in [1.54, 1.807) is 4.90 Å². The number of fused-ring (bicyclic) bond motifs is 3. The molecule has 1 aliphatic heterocycles. The highest BCUT2D eigenvalue weighted by Gasteiger charge is 2.31. The summed E-state index contributed by atoms with van der Waals surface area (Å²) in [5.74, 6) is 0.438. The molecule has 2 heterocycles. The van der Waals surface area contributed by atoms with Gasteiger partial charge in [-0.1, -0.05) is 72.8 Å². The second-order valence-electron chi connectivity index (χ2n) is 8.78. The van der Waals surface area contributed by atoms with Gasteiger partial charge in [0.1, 0.15) is 6.04 Å². The predicted octanol–water partition coefficient (Wildman–Crippen LogP) is 3.93. The standard InChI is InChI=1S/C28H29N5O2/c34-26(29-17-9-14-21-10-3-1-4-11-21)24(20-22-12-5-2-6-13-22)31-28(35)33-19-18-32-25-16-8-7-15-23(25)30-27(32)33/h1-8,10-13,15-16,24H,9,14,17-20H2,(H,29,34)(H,31,35)/t24-/m0/s1. The fourth-order valence-electron chi connectivity index (χ4n) is 4.54. The van der Waals surface area contributed by atoms with Gasteiger partial charge in [0.2, 0.25) is 11.9 Å². The molecule has 0 spiro atoms. The van der Waals surface area contributed by atoms with Crippen LogP contribution in [-0.2, 0) is 24.2 Å². The molecule has 7 heteroatoms. The minimum absolute atomic E-state index is 0.178. The van der Waals surface area contributed by atoms with Gasteiger partial charge in [0, 0.05) is 26.1 Å². The number of nitrogens with one attached hydrogen (secondary N) is 2. The molecule has 0 aliphatic carbocycles. The van der Waals surface area contributed by atoms with Crippen LogP contribution in [0.25, 0.3) is 11.0 Å². The summed E-state index contributed by atoms with van der Waals surface area (Å²) in [5.41, 5.74) is 4.10. The van der Waals surface area contributed by atoms with Crippen molar-refractivity contribution in [2.75, 3.05) is 18.0 Å². The zero-order chi connectivity index (χ0) is 24.0. The number of hydrogen-bond donors (Lipinski definition) is 2. The fourth-order valence-corrected chi connectivity index (χ4v) is 4.54. The number of hydrogen-bond acceptors (Lipinski definition) is 3. The lowest BCUT2D eigenvalue weighted by molar-refractivity contribution is -0.122. The van der Waals surface area contributed by atoms with E-state index in [9.17, 15) is 9.59 Å². The summed E-state index contributed by atoms with van der Waals surface area (Å²) in [7, 11) is 0. The zero-order valence-corrected chi connectivity index (χ0v) is 19.6. The van der Waals surface area contributed by atoms with E-state index >= 15 is 0 Å². The maximum absolute atomic E-state index is 13.3. The van der Waals surface area contributed by atoms with Crippen LogP contribution in [0.5, 0.6) is 0 Å². The van der Waals surface area contributed by atoms with E-state index in [2.05, 4.69) is 27.8 Å². The van der Waals surface area contributed by atoms with Gasteiger partial charge in [-0.2, -0.15) is 0 Å². The lowest BCUT2D eigenvalue weighted by atomic mass is 10.1. The van der Waals surface area contributed by atoms with Crippen LogP contribution in [0.2, 0.25) is 0 Å². The van der Waals surface area contributed by atoms with Crippen molar-refractivity contribution in [1.29, 1.82) is 0 Å². The van der Waals surface area contributed by atoms with Crippen LogP contribution >= 0.6 is 0 Å². The molecule has 1 atom stereocenters. The third kappa shape index (κ3) is 5.19. The van der Waals surface area contributed by atoms with Gasteiger partial charge in [0.15, 0.2) is 0 Å². The highest BCUT2D eigenvalue weighted by Crippen LogP contribution is 2.27. The molecule has 178 valence electrons. The number of aryl methyl sites for hydroxylation is 1. The molecule has 0 fully saturated rings. The Bertz CT molecular complexity index is 1300. The minimum atomic E-state index is -0.681. The Kier molecular flexibility index (Phi) is 6.75. The lowest BCUT2D eigenvalue weighted by Crippen LogP contribution is -2.52. The highest BCUT2D eigenvalue weighted by atomic mass is 16.2. The molecule has 0 saturated heterocycles. The van der Waals surface area contributed by atoms with Crippen molar-refractivity contribution in [2.45, 2.75) is 31.8 Å². The van der Waals surface area contributed by atoms with Crippen LogP contribution in [0, 0.1) is 0 Å². The summed E-state index contributed by atoms with van der Waals surface area (Å²) in [6.45, 7) is 1.75. The third-order valence-corrected chi connectivity index (χ3v) is 6.35. The van der Waals surface area contributed by atoms with E-state index in [0.29, 0.717) is 32.0 Å². The Morgan fingerprint density at radius 2 is 1.54 bits per heavy atom. The summed E-state index contributed by atoms with van der Waals surface area (Å²) in [4.78, 5) is 32.7. The van der Waals surface area contributed by atoms with Crippen molar-refractivity contribution in [3.63, 3.8) is 0 Å². The number of imidazole rings is 1.